The minimum Gasteiger partial charge on any atom is -0.342 e. The predicted molar refractivity (Wildman–Crippen MR) is 86.2 cm³/mol. The molecule has 2 aliphatic heterocycles. The average Bonchev–Trinajstić information content (AvgIpc) is 3.05. The molecule has 0 unspecified atom stereocenters. The molecule has 6 nitrogen and oxygen atoms in total. The van der Waals surface area contributed by atoms with Crippen molar-refractivity contribution in [1.29, 1.82) is 0 Å². The van der Waals surface area contributed by atoms with E-state index in [0.29, 0.717) is 30.6 Å². The van der Waals surface area contributed by atoms with Gasteiger partial charge in [0.05, 0.1) is 12.1 Å². The first-order valence-electron chi connectivity index (χ1n) is 7.91. The van der Waals surface area contributed by atoms with E-state index < -0.39 is 0 Å². The molecule has 0 bridgehead atoms. The molecule has 3 heterocycles. The van der Waals surface area contributed by atoms with Crippen LogP contribution < -0.4 is 10.2 Å². The Morgan fingerprint density at radius 1 is 1.41 bits per heavy atom. The number of amides is 3. The molecule has 1 N–H and O–H groups in total. The van der Waals surface area contributed by atoms with E-state index in [1.54, 1.807) is 4.90 Å². The Hall–Kier alpha value is -1.63. The van der Waals surface area contributed by atoms with E-state index in [-0.39, 0.29) is 11.9 Å². The largest absolute Gasteiger partial charge is 0.342 e. The van der Waals surface area contributed by atoms with Crippen molar-refractivity contribution < 1.29 is 9.59 Å². The minimum absolute atomic E-state index is 0.103. The molecular weight excluding hydrogens is 300 g/mol. The molecule has 1 aromatic heterocycles. The molecule has 1 aromatic rings. The van der Waals surface area contributed by atoms with E-state index in [2.05, 4.69) is 17.2 Å². The molecule has 3 amide bonds. The average molecular weight is 322 g/mol. The van der Waals surface area contributed by atoms with Crippen LogP contribution in [0.25, 0.3) is 0 Å². The Bertz CT molecular complexity index is 559. The summed E-state index contributed by atoms with van der Waals surface area (Å²) >= 11 is 1.43. The first-order chi connectivity index (χ1) is 10.6. The van der Waals surface area contributed by atoms with Crippen molar-refractivity contribution >= 4 is 28.4 Å². The third kappa shape index (κ3) is 3.40. The fourth-order valence-electron chi connectivity index (χ4n) is 2.93. The number of carbonyl (C=O) groups excluding carboxylic acids is 2. The van der Waals surface area contributed by atoms with Gasteiger partial charge in [-0.1, -0.05) is 6.92 Å². The van der Waals surface area contributed by atoms with Gasteiger partial charge in [0.1, 0.15) is 0 Å². The van der Waals surface area contributed by atoms with Crippen LogP contribution in [-0.2, 0) is 11.2 Å². The maximum Gasteiger partial charge on any atom is 0.323 e. The lowest BCUT2D eigenvalue weighted by Gasteiger charge is -2.20. The van der Waals surface area contributed by atoms with E-state index in [4.69, 9.17) is 0 Å². The number of anilines is 1. The van der Waals surface area contributed by atoms with E-state index in [0.717, 1.165) is 31.6 Å². The van der Waals surface area contributed by atoms with Crippen LogP contribution in [0, 0.1) is 5.92 Å². The van der Waals surface area contributed by atoms with Gasteiger partial charge in [0.2, 0.25) is 5.91 Å². The smallest absolute Gasteiger partial charge is 0.323 e. The summed E-state index contributed by atoms with van der Waals surface area (Å²) < 4.78 is 0. The molecule has 120 valence electrons. The van der Waals surface area contributed by atoms with E-state index in [1.807, 2.05) is 10.3 Å². The molecule has 7 heteroatoms. The molecule has 22 heavy (non-hydrogen) atoms. The highest BCUT2D eigenvalue weighted by molar-refractivity contribution is 7.14. The molecule has 2 saturated heterocycles. The maximum absolute atomic E-state index is 12.4. The van der Waals surface area contributed by atoms with Crippen molar-refractivity contribution in [2.24, 2.45) is 5.92 Å². The molecule has 0 aliphatic carbocycles. The highest BCUT2D eigenvalue weighted by Crippen LogP contribution is 2.23. The second-order valence-electron chi connectivity index (χ2n) is 6.10. The fourth-order valence-corrected chi connectivity index (χ4v) is 3.78. The Morgan fingerprint density at radius 2 is 2.27 bits per heavy atom. The number of thiazole rings is 1. The summed E-state index contributed by atoms with van der Waals surface area (Å²) in [4.78, 5) is 32.1. The summed E-state index contributed by atoms with van der Waals surface area (Å²) in [7, 11) is 0. The van der Waals surface area contributed by atoms with Gasteiger partial charge in [0.15, 0.2) is 5.13 Å². The third-order valence-corrected chi connectivity index (χ3v) is 5.24. The van der Waals surface area contributed by atoms with Crippen LogP contribution in [-0.4, -0.2) is 48.0 Å². The zero-order chi connectivity index (χ0) is 15.5. The number of nitrogens with zero attached hydrogens (tertiary/aromatic N) is 3. The van der Waals surface area contributed by atoms with E-state index >= 15 is 0 Å². The van der Waals surface area contributed by atoms with E-state index in [9.17, 15) is 9.59 Å². The number of hydrogen-bond donors (Lipinski definition) is 1. The van der Waals surface area contributed by atoms with Gasteiger partial charge in [-0.2, -0.15) is 0 Å². The number of nitrogens with one attached hydrogen (secondary N) is 1. The summed E-state index contributed by atoms with van der Waals surface area (Å²) in [5, 5.41) is 5.33. The molecule has 1 atom stereocenters. The molecule has 2 aliphatic rings. The van der Waals surface area contributed by atoms with Gasteiger partial charge in [-0.3, -0.25) is 9.69 Å². The van der Waals surface area contributed by atoms with Gasteiger partial charge < -0.3 is 10.2 Å². The molecule has 0 radical (unpaired) electrons. The predicted octanol–water partition coefficient (Wildman–Crippen LogP) is 1.86. The maximum atomic E-state index is 12.4. The summed E-state index contributed by atoms with van der Waals surface area (Å²) in [6.07, 6.45) is 3.71. The monoisotopic (exact) mass is 322 g/mol. The Balaban J connectivity index is 1.59. The van der Waals surface area contributed by atoms with Crippen LogP contribution in [0.15, 0.2) is 5.38 Å². The molecule has 0 spiro atoms. The SMILES string of the molecule is C[C@@H]1CCCN(C(=O)Cc2csc(N3CCNC3=O)n2)CC1. The normalized spacial score (nSPS) is 22.6. The second kappa shape index (κ2) is 6.64. The van der Waals surface area contributed by atoms with Crippen molar-refractivity contribution in [2.45, 2.75) is 32.6 Å². The van der Waals surface area contributed by atoms with Crippen LogP contribution in [0.2, 0.25) is 0 Å². The lowest BCUT2D eigenvalue weighted by atomic mass is 10.0. The van der Waals surface area contributed by atoms with Gasteiger partial charge >= 0.3 is 6.03 Å². The summed E-state index contributed by atoms with van der Waals surface area (Å²) in [6.45, 7) is 5.25. The third-order valence-electron chi connectivity index (χ3n) is 4.33. The lowest BCUT2D eigenvalue weighted by molar-refractivity contribution is -0.130. The quantitative estimate of drug-likeness (QED) is 0.924. The van der Waals surface area contributed by atoms with Crippen molar-refractivity contribution in [3.8, 4) is 0 Å². The number of hydrogen-bond acceptors (Lipinski definition) is 4. The minimum atomic E-state index is -0.103. The molecule has 3 rings (SSSR count). The van der Waals surface area contributed by atoms with Crippen molar-refractivity contribution in [1.82, 2.24) is 15.2 Å². The van der Waals surface area contributed by atoms with Crippen molar-refractivity contribution in [2.75, 3.05) is 31.1 Å². The van der Waals surface area contributed by atoms with E-state index in [1.165, 1.54) is 17.8 Å². The zero-order valence-corrected chi connectivity index (χ0v) is 13.7. The number of carbonyl (C=O) groups is 2. The van der Waals surface area contributed by atoms with Crippen LogP contribution in [0.3, 0.4) is 0 Å². The first kappa shape index (κ1) is 15.3. The van der Waals surface area contributed by atoms with Gasteiger partial charge in [-0.15, -0.1) is 11.3 Å². The van der Waals surface area contributed by atoms with Crippen LogP contribution in [0.5, 0.6) is 0 Å². The van der Waals surface area contributed by atoms with Crippen LogP contribution >= 0.6 is 11.3 Å². The topological polar surface area (TPSA) is 65.5 Å². The lowest BCUT2D eigenvalue weighted by Crippen LogP contribution is -2.33. The Morgan fingerprint density at radius 3 is 3.05 bits per heavy atom. The summed E-state index contributed by atoms with van der Waals surface area (Å²) in [5.74, 6) is 0.856. The highest BCUT2D eigenvalue weighted by Gasteiger charge is 2.25. The fraction of sp³-hybridized carbons (Fsp3) is 0.667. The number of rotatable bonds is 3. The number of likely N-dealkylation sites (tertiary alicyclic amines) is 1. The van der Waals surface area contributed by atoms with Crippen molar-refractivity contribution in [3.05, 3.63) is 11.1 Å². The standard InChI is InChI=1S/C15H22N4O2S/c1-11-3-2-6-18(7-4-11)13(20)9-12-10-22-15(17-12)19-8-5-16-14(19)21/h10-11H,2-9H2,1H3,(H,16,21)/t11-/m1/s1. The molecule has 0 saturated carbocycles. The molecule has 0 aromatic carbocycles. The van der Waals surface area contributed by atoms with Gasteiger partial charge in [-0.05, 0) is 25.2 Å². The van der Waals surface area contributed by atoms with Gasteiger partial charge in [0.25, 0.3) is 0 Å². The zero-order valence-electron chi connectivity index (χ0n) is 12.9. The van der Waals surface area contributed by atoms with Crippen molar-refractivity contribution in [3.63, 3.8) is 0 Å². The Labute approximate surface area is 134 Å². The Kier molecular flexibility index (Phi) is 4.61. The summed E-state index contributed by atoms with van der Waals surface area (Å²) in [5.41, 5.74) is 0.766. The second-order valence-corrected chi connectivity index (χ2v) is 6.94. The van der Waals surface area contributed by atoms with Crippen LogP contribution in [0.1, 0.15) is 31.9 Å². The summed E-state index contributed by atoms with van der Waals surface area (Å²) in [6, 6.07) is -0.103. The molecular formula is C15H22N4O2S. The van der Waals surface area contributed by atoms with Gasteiger partial charge in [-0.25, -0.2) is 9.78 Å². The number of urea groups is 1. The van der Waals surface area contributed by atoms with Gasteiger partial charge in [0, 0.05) is 31.6 Å². The first-order valence-corrected chi connectivity index (χ1v) is 8.79. The molecule has 2 fully saturated rings. The number of aromatic nitrogens is 1. The van der Waals surface area contributed by atoms with Crippen LogP contribution in [0.4, 0.5) is 9.93 Å². The highest BCUT2D eigenvalue weighted by atomic mass is 32.1.